The number of carbonyl (C=O) groups is 2. The third-order valence-electron chi connectivity index (χ3n) is 7.26. The van der Waals surface area contributed by atoms with E-state index in [0.29, 0.717) is 19.6 Å². The summed E-state index contributed by atoms with van der Waals surface area (Å²) in [7, 11) is 0. The molecule has 1 saturated heterocycles. The predicted octanol–water partition coefficient (Wildman–Crippen LogP) is 5.03. The lowest BCUT2D eigenvalue weighted by Gasteiger charge is -2.42. The highest BCUT2D eigenvalue weighted by molar-refractivity contribution is 5.79. The minimum absolute atomic E-state index is 0.0735. The van der Waals surface area contributed by atoms with Crippen molar-refractivity contribution in [2.45, 2.75) is 57.9 Å². The van der Waals surface area contributed by atoms with Gasteiger partial charge in [-0.25, -0.2) is 4.79 Å². The number of alkyl carbamates (subject to hydrolysis) is 1. The SMILES string of the molecule is CC(C)(C)N1CCN(C(=O)CCCCCNC(=O)OCC2c3ccccc3-c3ccccc32)CC1. The van der Waals surface area contributed by atoms with Crippen LogP contribution in [0.15, 0.2) is 48.5 Å². The molecule has 0 saturated carbocycles. The van der Waals surface area contributed by atoms with Gasteiger partial charge in [-0.05, 0) is 55.9 Å². The van der Waals surface area contributed by atoms with Crippen LogP contribution in [0.5, 0.6) is 0 Å². The Morgan fingerprint density at radius 2 is 1.49 bits per heavy atom. The van der Waals surface area contributed by atoms with Crippen molar-refractivity contribution in [3.05, 3.63) is 59.7 Å². The van der Waals surface area contributed by atoms with E-state index in [2.05, 4.69) is 55.3 Å². The number of nitrogens with zero attached hydrogens (tertiary/aromatic N) is 2. The number of nitrogens with one attached hydrogen (secondary N) is 1. The maximum Gasteiger partial charge on any atom is 0.407 e. The molecule has 0 radical (unpaired) electrons. The first kappa shape index (κ1) is 25.2. The Bertz CT molecular complexity index is 976. The fraction of sp³-hybridized carbons (Fsp3) is 0.517. The van der Waals surface area contributed by atoms with Crippen LogP contribution >= 0.6 is 0 Å². The largest absolute Gasteiger partial charge is 0.449 e. The van der Waals surface area contributed by atoms with Crippen molar-refractivity contribution in [1.29, 1.82) is 0 Å². The number of hydrogen-bond acceptors (Lipinski definition) is 4. The summed E-state index contributed by atoms with van der Waals surface area (Å²) in [5, 5.41) is 2.86. The number of rotatable bonds is 8. The minimum atomic E-state index is -0.375. The molecule has 2 aromatic carbocycles. The summed E-state index contributed by atoms with van der Waals surface area (Å²) < 4.78 is 5.58. The van der Waals surface area contributed by atoms with Gasteiger partial charge in [0.25, 0.3) is 0 Å². The van der Waals surface area contributed by atoms with Crippen LogP contribution < -0.4 is 5.32 Å². The van der Waals surface area contributed by atoms with Crippen molar-refractivity contribution >= 4 is 12.0 Å². The molecule has 2 aliphatic rings. The molecule has 0 atom stereocenters. The van der Waals surface area contributed by atoms with Crippen molar-refractivity contribution in [2.75, 3.05) is 39.3 Å². The summed E-state index contributed by atoms with van der Waals surface area (Å²) in [5.74, 6) is 0.326. The van der Waals surface area contributed by atoms with Crippen LogP contribution in [0.1, 0.15) is 63.5 Å². The molecule has 0 aromatic heterocycles. The van der Waals surface area contributed by atoms with Crippen LogP contribution in [0.2, 0.25) is 0 Å². The monoisotopic (exact) mass is 477 g/mol. The van der Waals surface area contributed by atoms with E-state index in [4.69, 9.17) is 4.74 Å². The summed E-state index contributed by atoms with van der Waals surface area (Å²) in [6.45, 7) is 11.1. The molecule has 35 heavy (non-hydrogen) atoms. The Labute approximate surface area is 209 Å². The third-order valence-corrected chi connectivity index (χ3v) is 7.26. The van der Waals surface area contributed by atoms with Gasteiger partial charge in [0.1, 0.15) is 6.61 Å². The molecule has 2 amide bonds. The van der Waals surface area contributed by atoms with Gasteiger partial charge in [-0.3, -0.25) is 9.69 Å². The first-order valence-corrected chi connectivity index (χ1v) is 13.0. The Morgan fingerprint density at radius 1 is 0.886 bits per heavy atom. The zero-order valence-electron chi connectivity index (χ0n) is 21.4. The second kappa shape index (κ2) is 11.3. The fourth-order valence-corrected chi connectivity index (χ4v) is 5.20. The molecule has 1 heterocycles. The predicted molar refractivity (Wildman–Crippen MR) is 139 cm³/mol. The summed E-state index contributed by atoms with van der Waals surface area (Å²) in [5.41, 5.74) is 5.04. The second-order valence-electron chi connectivity index (χ2n) is 10.6. The molecule has 1 fully saturated rings. The van der Waals surface area contributed by atoms with E-state index in [9.17, 15) is 9.59 Å². The molecule has 1 aliphatic carbocycles. The molecule has 0 spiro atoms. The van der Waals surface area contributed by atoms with Gasteiger partial charge in [-0.2, -0.15) is 0 Å². The van der Waals surface area contributed by atoms with Crippen LogP contribution in [-0.2, 0) is 9.53 Å². The summed E-state index contributed by atoms with van der Waals surface area (Å²) in [6.07, 6.45) is 2.82. The lowest BCUT2D eigenvalue weighted by molar-refractivity contribution is -0.133. The highest BCUT2D eigenvalue weighted by atomic mass is 16.5. The molecular weight excluding hydrogens is 438 g/mol. The zero-order chi connectivity index (χ0) is 24.8. The van der Waals surface area contributed by atoms with Crippen LogP contribution in [0.25, 0.3) is 11.1 Å². The van der Waals surface area contributed by atoms with Gasteiger partial charge in [0.2, 0.25) is 5.91 Å². The van der Waals surface area contributed by atoms with E-state index in [-0.39, 0.29) is 23.5 Å². The normalized spacial score (nSPS) is 16.0. The molecule has 2 aromatic rings. The topological polar surface area (TPSA) is 61.9 Å². The molecule has 4 rings (SSSR count). The Balaban J connectivity index is 1.11. The van der Waals surface area contributed by atoms with Gasteiger partial charge in [-0.1, -0.05) is 55.0 Å². The van der Waals surface area contributed by atoms with Gasteiger partial charge >= 0.3 is 6.09 Å². The molecule has 0 bridgehead atoms. The minimum Gasteiger partial charge on any atom is -0.449 e. The number of carbonyl (C=O) groups excluding carboxylic acids is 2. The maximum atomic E-state index is 12.5. The number of fused-ring (bicyclic) bond motifs is 3. The van der Waals surface area contributed by atoms with E-state index in [1.54, 1.807) is 0 Å². The van der Waals surface area contributed by atoms with Gasteiger partial charge in [0, 0.05) is 50.6 Å². The van der Waals surface area contributed by atoms with Crippen LogP contribution in [0.3, 0.4) is 0 Å². The van der Waals surface area contributed by atoms with Crippen LogP contribution in [-0.4, -0.2) is 66.7 Å². The van der Waals surface area contributed by atoms with Crippen molar-refractivity contribution < 1.29 is 14.3 Å². The van der Waals surface area contributed by atoms with E-state index >= 15 is 0 Å². The quantitative estimate of drug-likeness (QED) is 0.542. The lowest BCUT2D eigenvalue weighted by atomic mass is 9.98. The maximum absolute atomic E-state index is 12.5. The molecule has 1 aliphatic heterocycles. The highest BCUT2D eigenvalue weighted by Crippen LogP contribution is 2.44. The average Bonchev–Trinajstić information content (AvgIpc) is 3.18. The molecule has 6 nitrogen and oxygen atoms in total. The third kappa shape index (κ3) is 6.23. The summed E-state index contributed by atoms with van der Waals surface area (Å²) in [4.78, 5) is 29.2. The molecule has 0 unspecified atom stereocenters. The Kier molecular flexibility index (Phi) is 8.11. The van der Waals surface area contributed by atoms with Crippen molar-refractivity contribution in [3.63, 3.8) is 0 Å². The molecule has 188 valence electrons. The summed E-state index contributed by atoms with van der Waals surface area (Å²) >= 11 is 0. The van der Waals surface area contributed by atoms with Crippen molar-refractivity contribution in [3.8, 4) is 11.1 Å². The molecule has 1 N–H and O–H groups in total. The van der Waals surface area contributed by atoms with Crippen LogP contribution in [0.4, 0.5) is 4.79 Å². The van der Waals surface area contributed by atoms with Gasteiger partial charge in [0.05, 0.1) is 0 Å². The number of hydrogen-bond donors (Lipinski definition) is 1. The Hall–Kier alpha value is -2.86. The van der Waals surface area contributed by atoms with E-state index < -0.39 is 0 Å². The number of piperazine rings is 1. The molecular formula is C29H39N3O3. The van der Waals surface area contributed by atoms with Gasteiger partial charge in [0.15, 0.2) is 0 Å². The number of ether oxygens (including phenoxy) is 1. The van der Waals surface area contributed by atoms with Crippen molar-refractivity contribution in [1.82, 2.24) is 15.1 Å². The lowest BCUT2D eigenvalue weighted by Crippen LogP contribution is -2.54. The second-order valence-corrected chi connectivity index (χ2v) is 10.6. The standard InChI is InChI=1S/C29H39N3O3/c1-29(2,3)32-19-17-31(18-20-32)27(33)15-5-4-10-16-30-28(34)35-21-26-24-13-8-6-11-22(24)23-12-7-9-14-25(23)26/h6-9,11-14,26H,4-5,10,15-21H2,1-3H3,(H,30,34). The average molecular weight is 478 g/mol. The molecule has 6 heteroatoms. The van der Waals surface area contributed by atoms with Crippen molar-refractivity contribution in [2.24, 2.45) is 0 Å². The smallest absolute Gasteiger partial charge is 0.407 e. The van der Waals surface area contributed by atoms with E-state index in [1.807, 2.05) is 29.2 Å². The number of benzene rings is 2. The number of amides is 2. The number of unbranched alkanes of at least 4 members (excludes halogenated alkanes) is 2. The zero-order valence-corrected chi connectivity index (χ0v) is 21.4. The summed E-state index contributed by atoms with van der Waals surface area (Å²) in [6, 6.07) is 16.7. The highest BCUT2D eigenvalue weighted by Gasteiger charge is 2.29. The Morgan fingerprint density at radius 3 is 2.09 bits per heavy atom. The van der Waals surface area contributed by atoms with Gasteiger partial charge in [-0.15, -0.1) is 0 Å². The van der Waals surface area contributed by atoms with Gasteiger partial charge < -0.3 is 15.0 Å². The first-order valence-electron chi connectivity index (χ1n) is 13.0. The van der Waals surface area contributed by atoms with E-state index in [1.165, 1.54) is 22.3 Å². The van der Waals surface area contributed by atoms with E-state index in [0.717, 1.165) is 45.4 Å². The fourth-order valence-electron chi connectivity index (χ4n) is 5.20. The first-order chi connectivity index (χ1) is 16.8. The van der Waals surface area contributed by atoms with Crippen LogP contribution in [0, 0.1) is 0 Å².